The molecule has 112 valence electrons. The third-order valence-electron chi connectivity index (χ3n) is 3.04. The molecule has 1 heterocycles. The maximum absolute atomic E-state index is 13.1. The van der Waals surface area contributed by atoms with Gasteiger partial charge in [-0.3, -0.25) is 0 Å². The van der Waals surface area contributed by atoms with E-state index < -0.39 is 11.9 Å². The van der Waals surface area contributed by atoms with Gasteiger partial charge in [-0.2, -0.15) is 0 Å². The second-order valence-electron chi connectivity index (χ2n) is 4.59. The Labute approximate surface area is 130 Å². The molecular formula is C15H12ClFN4O. The first kappa shape index (κ1) is 14.5. The number of hydrogen-bond donors (Lipinski definition) is 2. The zero-order valence-corrected chi connectivity index (χ0v) is 12.1. The third kappa shape index (κ3) is 3.08. The molecule has 0 aliphatic heterocycles. The highest BCUT2D eigenvalue weighted by Crippen LogP contribution is 2.24. The summed E-state index contributed by atoms with van der Waals surface area (Å²) in [7, 11) is 0. The molecule has 0 radical (unpaired) electrons. The van der Waals surface area contributed by atoms with E-state index in [0.717, 1.165) is 5.56 Å². The minimum absolute atomic E-state index is 0.00530. The first-order valence-corrected chi connectivity index (χ1v) is 6.87. The lowest BCUT2D eigenvalue weighted by atomic mass is 10.1. The molecule has 0 saturated carbocycles. The largest absolute Gasteiger partial charge is 0.406 e. The average Bonchev–Trinajstić information content (AvgIpc) is 2.99. The van der Waals surface area contributed by atoms with Crippen LogP contribution in [-0.2, 0) is 0 Å². The highest BCUT2D eigenvalue weighted by atomic mass is 35.5. The molecule has 1 atom stereocenters. The zero-order chi connectivity index (χ0) is 15.5. The van der Waals surface area contributed by atoms with E-state index in [0.29, 0.717) is 5.69 Å². The van der Waals surface area contributed by atoms with E-state index in [1.165, 1.54) is 18.2 Å². The van der Waals surface area contributed by atoms with E-state index in [1.54, 1.807) is 0 Å². The van der Waals surface area contributed by atoms with Gasteiger partial charge in [0.2, 0.25) is 5.89 Å². The van der Waals surface area contributed by atoms with Crippen LogP contribution in [0.5, 0.6) is 0 Å². The topological polar surface area (TPSA) is 77.0 Å². The van der Waals surface area contributed by atoms with E-state index in [2.05, 4.69) is 15.5 Å². The smallest absolute Gasteiger partial charge is 0.320 e. The molecule has 0 spiro atoms. The van der Waals surface area contributed by atoms with Gasteiger partial charge < -0.3 is 15.5 Å². The van der Waals surface area contributed by atoms with Crippen molar-refractivity contribution in [2.75, 3.05) is 5.32 Å². The number of nitrogens with zero attached hydrogens (tertiary/aromatic N) is 2. The average molecular weight is 319 g/mol. The van der Waals surface area contributed by atoms with Crippen molar-refractivity contribution < 1.29 is 8.81 Å². The van der Waals surface area contributed by atoms with Crippen LogP contribution in [0.1, 0.15) is 17.5 Å². The maximum Gasteiger partial charge on any atom is 0.320 e. The molecule has 1 aromatic heterocycles. The number of benzene rings is 2. The van der Waals surface area contributed by atoms with Crippen molar-refractivity contribution in [3.63, 3.8) is 0 Å². The number of rotatable bonds is 4. The Kier molecular flexibility index (Phi) is 4.04. The van der Waals surface area contributed by atoms with E-state index in [-0.39, 0.29) is 16.9 Å². The van der Waals surface area contributed by atoms with Crippen LogP contribution in [0.15, 0.2) is 52.9 Å². The molecule has 7 heteroatoms. The van der Waals surface area contributed by atoms with Gasteiger partial charge in [-0.05, 0) is 23.8 Å². The summed E-state index contributed by atoms with van der Waals surface area (Å²) in [6, 6.07) is 13.2. The van der Waals surface area contributed by atoms with E-state index in [4.69, 9.17) is 21.8 Å². The highest BCUT2D eigenvalue weighted by Gasteiger charge is 2.16. The van der Waals surface area contributed by atoms with Crippen LogP contribution >= 0.6 is 11.6 Å². The number of anilines is 2. The number of aromatic nitrogens is 2. The number of nitrogens with two attached hydrogens (primary N) is 1. The maximum atomic E-state index is 13.1. The van der Waals surface area contributed by atoms with Gasteiger partial charge in [0.1, 0.15) is 11.9 Å². The molecule has 0 amide bonds. The predicted molar refractivity (Wildman–Crippen MR) is 81.5 cm³/mol. The molecule has 0 fully saturated rings. The third-order valence-corrected chi connectivity index (χ3v) is 3.33. The molecule has 3 N–H and O–H groups in total. The monoisotopic (exact) mass is 318 g/mol. The van der Waals surface area contributed by atoms with Gasteiger partial charge in [0, 0.05) is 5.69 Å². The zero-order valence-electron chi connectivity index (χ0n) is 11.3. The van der Waals surface area contributed by atoms with Gasteiger partial charge in [0.25, 0.3) is 0 Å². The molecular weight excluding hydrogens is 307 g/mol. The van der Waals surface area contributed by atoms with Crippen molar-refractivity contribution >= 4 is 23.3 Å². The fraction of sp³-hybridized carbons (Fsp3) is 0.0667. The first-order valence-electron chi connectivity index (χ1n) is 6.49. The Hall–Kier alpha value is -2.44. The fourth-order valence-corrected chi connectivity index (χ4v) is 2.09. The standard InChI is InChI=1S/C15H12ClFN4O/c16-11-8-10(6-7-12(11)17)19-15-21-20-14(22-15)13(18)9-4-2-1-3-5-9/h1-8,13H,18H2,(H,19,21). The van der Waals surface area contributed by atoms with Crippen molar-refractivity contribution in [2.45, 2.75) is 6.04 Å². The van der Waals surface area contributed by atoms with Crippen molar-refractivity contribution in [1.82, 2.24) is 10.2 Å². The summed E-state index contributed by atoms with van der Waals surface area (Å²) in [4.78, 5) is 0. The first-order chi connectivity index (χ1) is 10.6. The molecule has 22 heavy (non-hydrogen) atoms. The SMILES string of the molecule is NC(c1ccccc1)c1nnc(Nc2ccc(F)c(Cl)c2)o1. The fourth-order valence-electron chi connectivity index (χ4n) is 1.91. The minimum atomic E-state index is -0.513. The molecule has 0 aliphatic rings. The van der Waals surface area contributed by atoms with E-state index >= 15 is 0 Å². The van der Waals surface area contributed by atoms with Crippen LogP contribution in [0.2, 0.25) is 5.02 Å². The van der Waals surface area contributed by atoms with Gasteiger partial charge in [-0.1, -0.05) is 47.0 Å². The minimum Gasteiger partial charge on any atom is -0.406 e. The van der Waals surface area contributed by atoms with E-state index in [9.17, 15) is 4.39 Å². The van der Waals surface area contributed by atoms with Crippen molar-refractivity contribution in [3.05, 3.63) is 70.8 Å². The molecule has 2 aromatic carbocycles. The Morgan fingerprint density at radius 3 is 2.64 bits per heavy atom. The lowest BCUT2D eigenvalue weighted by Crippen LogP contribution is -2.11. The Morgan fingerprint density at radius 1 is 1.14 bits per heavy atom. The summed E-state index contributed by atoms with van der Waals surface area (Å²) in [6.45, 7) is 0. The summed E-state index contributed by atoms with van der Waals surface area (Å²) in [6.07, 6.45) is 0. The highest BCUT2D eigenvalue weighted by molar-refractivity contribution is 6.31. The molecule has 0 saturated heterocycles. The summed E-state index contributed by atoms with van der Waals surface area (Å²) < 4.78 is 18.6. The van der Waals surface area contributed by atoms with Gasteiger partial charge in [0.05, 0.1) is 5.02 Å². The summed E-state index contributed by atoms with van der Waals surface area (Å²) >= 11 is 5.71. The van der Waals surface area contributed by atoms with Gasteiger partial charge >= 0.3 is 6.01 Å². The molecule has 3 aromatic rings. The van der Waals surface area contributed by atoms with Gasteiger partial charge in [-0.15, -0.1) is 5.10 Å². The van der Waals surface area contributed by atoms with Crippen LogP contribution in [0.4, 0.5) is 16.1 Å². The molecule has 5 nitrogen and oxygen atoms in total. The summed E-state index contributed by atoms with van der Waals surface area (Å²) in [5.41, 5.74) is 7.47. The predicted octanol–water partition coefficient (Wildman–Crippen LogP) is 3.65. The molecule has 0 aliphatic carbocycles. The number of hydrogen-bond acceptors (Lipinski definition) is 5. The molecule has 1 unspecified atom stereocenters. The Morgan fingerprint density at radius 2 is 1.91 bits per heavy atom. The van der Waals surface area contributed by atoms with Crippen LogP contribution < -0.4 is 11.1 Å². The number of halogens is 2. The molecule has 0 bridgehead atoms. The van der Waals surface area contributed by atoms with Gasteiger partial charge in [0.15, 0.2) is 0 Å². The van der Waals surface area contributed by atoms with Crippen molar-refractivity contribution in [3.8, 4) is 0 Å². The summed E-state index contributed by atoms with van der Waals surface area (Å²) in [5.74, 6) is -0.216. The van der Waals surface area contributed by atoms with Crippen LogP contribution in [0.3, 0.4) is 0 Å². The second kappa shape index (κ2) is 6.13. The van der Waals surface area contributed by atoms with Crippen molar-refractivity contribution in [2.24, 2.45) is 5.73 Å². The Bertz CT molecular complexity index is 778. The Balaban J connectivity index is 1.77. The van der Waals surface area contributed by atoms with Gasteiger partial charge in [-0.25, -0.2) is 4.39 Å². The lowest BCUT2D eigenvalue weighted by Gasteiger charge is -2.06. The molecule has 3 rings (SSSR count). The van der Waals surface area contributed by atoms with Crippen LogP contribution in [-0.4, -0.2) is 10.2 Å². The van der Waals surface area contributed by atoms with E-state index in [1.807, 2.05) is 30.3 Å². The lowest BCUT2D eigenvalue weighted by molar-refractivity contribution is 0.486. The van der Waals surface area contributed by atoms with Crippen LogP contribution in [0, 0.1) is 5.82 Å². The summed E-state index contributed by atoms with van der Waals surface area (Å²) in [5, 5.41) is 10.6. The quantitative estimate of drug-likeness (QED) is 0.767. The van der Waals surface area contributed by atoms with Crippen LogP contribution in [0.25, 0.3) is 0 Å². The number of nitrogens with one attached hydrogen (secondary N) is 1. The second-order valence-corrected chi connectivity index (χ2v) is 4.99. The van der Waals surface area contributed by atoms with Crippen molar-refractivity contribution in [1.29, 1.82) is 0 Å². The normalized spacial score (nSPS) is 12.1.